The van der Waals surface area contributed by atoms with Gasteiger partial charge in [0.25, 0.3) is 5.91 Å². The van der Waals surface area contributed by atoms with Crippen molar-refractivity contribution in [1.82, 2.24) is 4.98 Å². The molecule has 1 aromatic heterocycles. The number of hydrogen-bond acceptors (Lipinski definition) is 4. The zero-order chi connectivity index (χ0) is 13.8. The molecular weight excluding hydrogens is 310 g/mol. The van der Waals surface area contributed by atoms with Crippen LogP contribution >= 0.6 is 15.9 Å². The molecule has 0 unspecified atom stereocenters. The Morgan fingerprint density at radius 3 is 2.89 bits per heavy atom. The number of anilines is 1. The number of pyridine rings is 1. The zero-order valence-electron chi connectivity index (χ0n) is 9.59. The van der Waals surface area contributed by atoms with E-state index in [4.69, 9.17) is 5.26 Å². The number of carbonyl (C=O) groups is 1. The highest BCUT2D eigenvalue weighted by molar-refractivity contribution is 9.10. The molecule has 0 saturated heterocycles. The number of hydrogen-bond donors (Lipinski definition) is 2. The highest BCUT2D eigenvalue weighted by atomic mass is 79.9. The molecular formula is C13H8BrN3O2. The standard InChI is InChI=1S/C13H8BrN3O2/c14-9-2-1-8(6-15)11(5-9)17-13(19)10-3-4-16-7-12(10)18/h1-5,7,18H,(H,17,19). The Morgan fingerprint density at radius 1 is 1.42 bits per heavy atom. The van der Waals surface area contributed by atoms with Crippen molar-refractivity contribution >= 4 is 27.5 Å². The molecule has 0 radical (unpaired) electrons. The van der Waals surface area contributed by atoms with Crippen molar-refractivity contribution in [3.63, 3.8) is 0 Å². The van der Waals surface area contributed by atoms with Crippen molar-refractivity contribution in [1.29, 1.82) is 5.26 Å². The predicted molar refractivity (Wildman–Crippen MR) is 72.7 cm³/mol. The van der Waals surface area contributed by atoms with Crippen LogP contribution in [-0.2, 0) is 0 Å². The summed E-state index contributed by atoms with van der Waals surface area (Å²) in [7, 11) is 0. The average Bonchev–Trinajstić information content (AvgIpc) is 2.39. The normalized spacial score (nSPS) is 9.68. The van der Waals surface area contributed by atoms with Crippen LogP contribution in [0.5, 0.6) is 5.75 Å². The molecule has 0 bridgehead atoms. The molecule has 1 amide bonds. The number of benzene rings is 1. The quantitative estimate of drug-likeness (QED) is 0.891. The highest BCUT2D eigenvalue weighted by Crippen LogP contribution is 2.23. The van der Waals surface area contributed by atoms with Crippen molar-refractivity contribution in [3.8, 4) is 11.8 Å². The van der Waals surface area contributed by atoms with Crippen LogP contribution < -0.4 is 5.32 Å². The SMILES string of the molecule is N#Cc1ccc(Br)cc1NC(=O)c1ccncc1O. The number of halogens is 1. The summed E-state index contributed by atoms with van der Waals surface area (Å²) in [5, 5.41) is 21.1. The van der Waals surface area contributed by atoms with E-state index >= 15 is 0 Å². The van der Waals surface area contributed by atoms with Crippen LogP contribution in [0.2, 0.25) is 0 Å². The molecule has 0 spiro atoms. The van der Waals surface area contributed by atoms with Gasteiger partial charge < -0.3 is 10.4 Å². The maximum atomic E-state index is 12.0. The fourth-order valence-corrected chi connectivity index (χ4v) is 1.85. The van der Waals surface area contributed by atoms with Crippen molar-refractivity contribution in [2.24, 2.45) is 0 Å². The lowest BCUT2D eigenvalue weighted by Crippen LogP contribution is -2.13. The van der Waals surface area contributed by atoms with E-state index in [0.717, 1.165) is 4.47 Å². The summed E-state index contributed by atoms with van der Waals surface area (Å²) in [6.45, 7) is 0. The Hall–Kier alpha value is -2.39. The van der Waals surface area contributed by atoms with E-state index < -0.39 is 5.91 Å². The molecule has 2 rings (SSSR count). The molecule has 2 N–H and O–H groups in total. The van der Waals surface area contributed by atoms with E-state index in [1.165, 1.54) is 18.5 Å². The number of nitrogens with zero attached hydrogens (tertiary/aromatic N) is 2. The van der Waals surface area contributed by atoms with Gasteiger partial charge in [-0.1, -0.05) is 15.9 Å². The molecule has 19 heavy (non-hydrogen) atoms. The third-order valence-corrected chi connectivity index (χ3v) is 2.89. The van der Waals surface area contributed by atoms with Crippen LogP contribution in [0.15, 0.2) is 41.1 Å². The first kappa shape index (κ1) is 13.1. The van der Waals surface area contributed by atoms with Gasteiger partial charge in [0, 0.05) is 10.7 Å². The average molecular weight is 318 g/mol. The van der Waals surface area contributed by atoms with Crippen molar-refractivity contribution in [2.45, 2.75) is 0 Å². The Morgan fingerprint density at radius 2 is 2.21 bits per heavy atom. The summed E-state index contributed by atoms with van der Waals surface area (Å²) < 4.78 is 0.737. The van der Waals surface area contributed by atoms with Crippen LogP contribution in [0.25, 0.3) is 0 Å². The van der Waals surface area contributed by atoms with E-state index in [1.54, 1.807) is 18.2 Å². The topological polar surface area (TPSA) is 86.0 Å². The summed E-state index contributed by atoms with van der Waals surface area (Å²) in [4.78, 5) is 15.7. The summed E-state index contributed by atoms with van der Waals surface area (Å²) in [5.41, 5.74) is 0.807. The first-order valence-electron chi connectivity index (χ1n) is 5.26. The Kier molecular flexibility index (Phi) is 3.78. The monoisotopic (exact) mass is 317 g/mol. The Bertz CT molecular complexity index is 680. The zero-order valence-corrected chi connectivity index (χ0v) is 11.2. The van der Waals surface area contributed by atoms with Gasteiger partial charge in [0.2, 0.25) is 0 Å². The molecule has 5 nitrogen and oxygen atoms in total. The third-order valence-electron chi connectivity index (χ3n) is 2.39. The number of nitriles is 1. The molecule has 0 atom stereocenters. The van der Waals surface area contributed by atoms with Gasteiger partial charge in [-0.25, -0.2) is 0 Å². The van der Waals surface area contributed by atoms with Crippen LogP contribution in [-0.4, -0.2) is 16.0 Å². The van der Waals surface area contributed by atoms with Gasteiger partial charge in [0.15, 0.2) is 0 Å². The Labute approximate surface area is 117 Å². The number of rotatable bonds is 2. The molecule has 2 aromatic rings. The highest BCUT2D eigenvalue weighted by Gasteiger charge is 2.13. The number of amides is 1. The van der Waals surface area contributed by atoms with Crippen LogP contribution in [0.4, 0.5) is 5.69 Å². The van der Waals surface area contributed by atoms with Crippen molar-refractivity contribution in [2.75, 3.05) is 5.32 Å². The van der Waals surface area contributed by atoms with Crippen molar-refractivity contribution < 1.29 is 9.90 Å². The number of carbonyl (C=O) groups excluding carboxylic acids is 1. The van der Waals surface area contributed by atoms with Gasteiger partial charge in [-0.3, -0.25) is 9.78 Å². The number of aromatic nitrogens is 1. The summed E-state index contributed by atoms with van der Waals surface area (Å²) in [6, 6.07) is 8.30. The summed E-state index contributed by atoms with van der Waals surface area (Å²) >= 11 is 3.27. The maximum absolute atomic E-state index is 12.0. The minimum atomic E-state index is -0.505. The van der Waals surface area contributed by atoms with Gasteiger partial charge in [0.05, 0.1) is 23.0 Å². The molecule has 1 aromatic carbocycles. The van der Waals surface area contributed by atoms with Gasteiger partial charge in [-0.05, 0) is 24.3 Å². The Balaban J connectivity index is 2.32. The minimum Gasteiger partial charge on any atom is -0.505 e. The molecule has 94 valence electrons. The lowest BCUT2D eigenvalue weighted by Gasteiger charge is -2.08. The largest absolute Gasteiger partial charge is 0.505 e. The molecule has 0 saturated carbocycles. The third kappa shape index (κ3) is 2.89. The fourth-order valence-electron chi connectivity index (χ4n) is 1.49. The second-order valence-corrected chi connectivity index (χ2v) is 4.56. The van der Waals surface area contributed by atoms with Gasteiger partial charge >= 0.3 is 0 Å². The smallest absolute Gasteiger partial charge is 0.259 e. The molecule has 0 aliphatic heterocycles. The number of nitrogens with one attached hydrogen (secondary N) is 1. The van der Waals surface area contributed by atoms with E-state index in [-0.39, 0.29) is 11.3 Å². The van der Waals surface area contributed by atoms with E-state index in [0.29, 0.717) is 11.3 Å². The summed E-state index contributed by atoms with van der Waals surface area (Å²) in [5.74, 6) is -0.719. The van der Waals surface area contributed by atoms with Gasteiger partial charge in [-0.2, -0.15) is 5.26 Å². The minimum absolute atomic E-state index is 0.0962. The lowest BCUT2D eigenvalue weighted by molar-refractivity contribution is 0.102. The molecule has 0 fully saturated rings. The first-order chi connectivity index (χ1) is 9.11. The lowest BCUT2D eigenvalue weighted by atomic mass is 10.1. The predicted octanol–water partition coefficient (Wildman–Crippen LogP) is 2.67. The number of aromatic hydroxyl groups is 1. The van der Waals surface area contributed by atoms with Gasteiger partial charge in [0.1, 0.15) is 11.8 Å². The maximum Gasteiger partial charge on any atom is 0.259 e. The van der Waals surface area contributed by atoms with E-state index in [9.17, 15) is 9.90 Å². The first-order valence-corrected chi connectivity index (χ1v) is 6.05. The second-order valence-electron chi connectivity index (χ2n) is 3.65. The van der Waals surface area contributed by atoms with E-state index in [1.807, 2.05) is 6.07 Å². The van der Waals surface area contributed by atoms with Crippen LogP contribution in [0.3, 0.4) is 0 Å². The molecule has 6 heteroatoms. The van der Waals surface area contributed by atoms with E-state index in [2.05, 4.69) is 26.2 Å². The molecule has 0 aliphatic rings. The second kappa shape index (κ2) is 5.50. The summed E-state index contributed by atoms with van der Waals surface area (Å²) in [6.07, 6.45) is 2.59. The van der Waals surface area contributed by atoms with Crippen LogP contribution in [0, 0.1) is 11.3 Å². The van der Waals surface area contributed by atoms with Crippen LogP contribution in [0.1, 0.15) is 15.9 Å². The van der Waals surface area contributed by atoms with Crippen molar-refractivity contribution in [3.05, 3.63) is 52.3 Å². The van der Waals surface area contributed by atoms with Gasteiger partial charge in [-0.15, -0.1) is 0 Å². The fraction of sp³-hybridized carbons (Fsp3) is 0. The molecule has 0 aliphatic carbocycles. The molecule has 1 heterocycles.